The minimum absolute atomic E-state index is 0.0334. The maximum absolute atomic E-state index is 11.9. The van der Waals surface area contributed by atoms with Gasteiger partial charge in [-0.2, -0.15) is 5.10 Å². The third kappa shape index (κ3) is 4.34. The van der Waals surface area contributed by atoms with E-state index in [0.29, 0.717) is 25.1 Å². The van der Waals surface area contributed by atoms with Gasteiger partial charge in [0.1, 0.15) is 0 Å². The molecule has 1 heterocycles. The van der Waals surface area contributed by atoms with E-state index in [1.54, 1.807) is 6.20 Å². The number of nitrogens with zero attached hydrogens (tertiary/aromatic N) is 2. The van der Waals surface area contributed by atoms with Crippen LogP contribution in [-0.2, 0) is 11.2 Å². The molecule has 128 valence electrons. The number of para-hydroxylation sites is 1. The number of amides is 2. The molecule has 0 spiro atoms. The van der Waals surface area contributed by atoms with Gasteiger partial charge in [-0.25, -0.2) is 9.48 Å². The summed E-state index contributed by atoms with van der Waals surface area (Å²) in [5, 5.41) is 18.4. The van der Waals surface area contributed by atoms with Gasteiger partial charge in [-0.05, 0) is 31.4 Å². The number of carbonyl (C=O) groups excluding carboxylic acids is 1. The van der Waals surface area contributed by atoms with Gasteiger partial charge in [0, 0.05) is 13.0 Å². The molecule has 0 aliphatic carbocycles. The van der Waals surface area contributed by atoms with Crippen molar-refractivity contribution < 1.29 is 14.7 Å². The van der Waals surface area contributed by atoms with Gasteiger partial charge in [-0.3, -0.25) is 4.79 Å². The largest absolute Gasteiger partial charge is 0.481 e. The molecule has 0 aliphatic heterocycles. The fourth-order valence-electron chi connectivity index (χ4n) is 2.44. The fraction of sp³-hybridized carbons (Fsp3) is 0.353. The van der Waals surface area contributed by atoms with Crippen LogP contribution in [0.2, 0.25) is 0 Å². The first-order chi connectivity index (χ1) is 11.5. The number of anilines is 1. The van der Waals surface area contributed by atoms with Gasteiger partial charge in [0.2, 0.25) is 0 Å². The number of carboxylic acids is 1. The summed E-state index contributed by atoms with van der Waals surface area (Å²) in [7, 11) is 0. The first-order valence-corrected chi connectivity index (χ1v) is 7.92. The van der Waals surface area contributed by atoms with Crippen molar-refractivity contribution >= 4 is 17.7 Å². The van der Waals surface area contributed by atoms with Crippen LogP contribution in [-0.4, -0.2) is 33.4 Å². The van der Waals surface area contributed by atoms with Gasteiger partial charge < -0.3 is 15.7 Å². The molecule has 0 saturated carbocycles. The second-order valence-electron chi connectivity index (χ2n) is 5.43. The number of aliphatic carboxylic acids is 1. The number of aromatic nitrogens is 2. The first-order valence-electron chi connectivity index (χ1n) is 7.92. The number of urea groups is 1. The van der Waals surface area contributed by atoms with Gasteiger partial charge in [-0.1, -0.05) is 25.1 Å². The lowest BCUT2D eigenvalue weighted by Gasteiger charge is -2.11. The van der Waals surface area contributed by atoms with Crippen molar-refractivity contribution in [1.82, 2.24) is 15.1 Å². The molecule has 0 atom stereocenters. The molecule has 0 saturated heterocycles. The summed E-state index contributed by atoms with van der Waals surface area (Å²) in [5.41, 5.74) is 3.63. The Hall–Kier alpha value is -2.83. The van der Waals surface area contributed by atoms with Crippen molar-refractivity contribution in [2.45, 2.75) is 33.1 Å². The zero-order chi connectivity index (χ0) is 17.5. The zero-order valence-electron chi connectivity index (χ0n) is 13.9. The Morgan fingerprint density at radius 2 is 2.04 bits per heavy atom. The maximum atomic E-state index is 11.9. The molecule has 7 nitrogen and oxygen atoms in total. The van der Waals surface area contributed by atoms with E-state index in [2.05, 4.69) is 15.7 Å². The number of aryl methyl sites for hydroxylation is 1. The first kappa shape index (κ1) is 17.5. The highest BCUT2D eigenvalue weighted by molar-refractivity contribution is 5.89. The van der Waals surface area contributed by atoms with Crippen LogP contribution in [0.15, 0.2) is 30.5 Å². The highest BCUT2D eigenvalue weighted by Gasteiger charge is 2.14. The molecule has 24 heavy (non-hydrogen) atoms. The second-order valence-corrected chi connectivity index (χ2v) is 5.43. The summed E-state index contributed by atoms with van der Waals surface area (Å²) in [5.74, 6) is -0.870. The topological polar surface area (TPSA) is 96.2 Å². The summed E-state index contributed by atoms with van der Waals surface area (Å²) < 4.78 is 1.83. The molecule has 2 aromatic rings. The molecule has 0 fully saturated rings. The van der Waals surface area contributed by atoms with Gasteiger partial charge in [0.25, 0.3) is 0 Å². The van der Waals surface area contributed by atoms with Crippen molar-refractivity contribution in [1.29, 1.82) is 0 Å². The molecule has 1 aromatic carbocycles. The van der Waals surface area contributed by atoms with Crippen molar-refractivity contribution in [3.63, 3.8) is 0 Å². The van der Waals surface area contributed by atoms with E-state index in [0.717, 1.165) is 16.9 Å². The van der Waals surface area contributed by atoms with E-state index in [1.165, 1.54) is 0 Å². The molecule has 3 N–H and O–H groups in total. The van der Waals surface area contributed by atoms with Crippen LogP contribution in [0.4, 0.5) is 10.5 Å². The molecule has 0 unspecified atom stereocenters. The van der Waals surface area contributed by atoms with E-state index in [9.17, 15) is 9.59 Å². The summed E-state index contributed by atoms with van der Waals surface area (Å²) >= 11 is 0. The quantitative estimate of drug-likeness (QED) is 0.680. The lowest BCUT2D eigenvalue weighted by molar-refractivity contribution is -0.137. The lowest BCUT2D eigenvalue weighted by Crippen LogP contribution is -2.30. The second kappa shape index (κ2) is 8.14. The van der Waals surface area contributed by atoms with Crippen LogP contribution >= 0.6 is 0 Å². The van der Waals surface area contributed by atoms with E-state index in [1.807, 2.05) is 42.8 Å². The zero-order valence-corrected chi connectivity index (χ0v) is 13.9. The Kier molecular flexibility index (Phi) is 5.95. The van der Waals surface area contributed by atoms with Crippen molar-refractivity contribution in [3.05, 3.63) is 41.7 Å². The van der Waals surface area contributed by atoms with E-state index in [4.69, 9.17) is 5.11 Å². The predicted octanol–water partition coefficient (Wildman–Crippen LogP) is 2.73. The van der Waals surface area contributed by atoms with Crippen LogP contribution in [0.25, 0.3) is 5.69 Å². The molecule has 7 heteroatoms. The molecule has 0 bridgehead atoms. The van der Waals surface area contributed by atoms with Crippen LogP contribution in [0.3, 0.4) is 0 Å². The van der Waals surface area contributed by atoms with Gasteiger partial charge >= 0.3 is 12.0 Å². The van der Waals surface area contributed by atoms with Gasteiger partial charge in [0.05, 0.1) is 23.3 Å². The maximum Gasteiger partial charge on any atom is 0.319 e. The van der Waals surface area contributed by atoms with E-state index < -0.39 is 5.97 Å². The Morgan fingerprint density at radius 3 is 2.71 bits per heavy atom. The Balaban J connectivity index is 2.05. The third-order valence-electron chi connectivity index (χ3n) is 3.65. The normalized spacial score (nSPS) is 10.4. The monoisotopic (exact) mass is 330 g/mol. The number of benzene rings is 1. The summed E-state index contributed by atoms with van der Waals surface area (Å²) in [6, 6.07) is 7.55. The van der Waals surface area contributed by atoms with Crippen molar-refractivity contribution in [2.24, 2.45) is 0 Å². The van der Waals surface area contributed by atoms with Gasteiger partial charge in [0.15, 0.2) is 0 Å². The third-order valence-corrected chi connectivity index (χ3v) is 3.65. The molecule has 1 aromatic heterocycles. The average molecular weight is 330 g/mol. The number of rotatable bonds is 7. The Labute approximate surface area is 140 Å². The van der Waals surface area contributed by atoms with Crippen LogP contribution in [0, 0.1) is 6.92 Å². The number of carboxylic acid groups (broad SMARTS) is 1. The molecular formula is C17H22N4O3. The number of hydrogen-bond donors (Lipinski definition) is 3. The standard InChI is InChI=1S/C17H22N4O3/c1-3-14-13(20-17(24)18-10-6-9-16(22)23)11-19-21(14)15-8-5-4-7-12(15)2/h4-5,7-8,11H,3,6,9-10H2,1-2H3,(H,22,23)(H2,18,20,24). The Morgan fingerprint density at radius 1 is 1.29 bits per heavy atom. The van der Waals surface area contributed by atoms with E-state index in [-0.39, 0.29) is 12.5 Å². The number of hydrogen-bond acceptors (Lipinski definition) is 3. The molecule has 2 rings (SSSR count). The summed E-state index contributed by atoms with van der Waals surface area (Å²) in [6.45, 7) is 4.33. The fourth-order valence-corrected chi connectivity index (χ4v) is 2.44. The van der Waals surface area contributed by atoms with Crippen molar-refractivity contribution in [2.75, 3.05) is 11.9 Å². The SMILES string of the molecule is CCc1c(NC(=O)NCCCC(=O)O)cnn1-c1ccccc1C. The summed E-state index contributed by atoms with van der Waals surface area (Å²) in [6.07, 6.45) is 2.77. The Bertz CT molecular complexity index is 724. The minimum atomic E-state index is -0.870. The van der Waals surface area contributed by atoms with Crippen LogP contribution in [0.5, 0.6) is 0 Å². The average Bonchev–Trinajstić information content (AvgIpc) is 2.94. The highest BCUT2D eigenvalue weighted by Crippen LogP contribution is 2.22. The summed E-state index contributed by atoms with van der Waals surface area (Å²) in [4.78, 5) is 22.4. The molecule has 0 aliphatic rings. The predicted molar refractivity (Wildman–Crippen MR) is 91.6 cm³/mol. The molecular weight excluding hydrogens is 308 g/mol. The van der Waals surface area contributed by atoms with Crippen LogP contribution in [0.1, 0.15) is 31.0 Å². The van der Waals surface area contributed by atoms with E-state index >= 15 is 0 Å². The number of carbonyl (C=O) groups is 2. The number of nitrogens with one attached hydrogen (secondary N) is 2. The van der Waals surface area contributed by atoms with Crippen molar-refractivity contribution in [3.8, 4) is 5.69 Å². The minimum Gasteiger partial charge on any atom is -0.481 e. The van der Waals surface area contributed by atoms with Crippen LogP contribution < -0.4 is 10.6 Å². The smallest absolute Gasteiger partial charge is 0.319 e. The van der Waals surface area contributed by atoms with Gasteiger partial charge in [-0.15, -0.1) is 0 Å². The lowest BCUT2D eigenvalue weighted by atomic mass is 10.2. The highest BCUT2D eigenvalue weighted by atomic mass is 16.4. The molecule has 0 radical (unpaired) electrons. The molecule has 2 amide bonds.